The van der Waals surface area contributed by atoms with Gasteiger partial charge in [-0.3, -0.25) is 0 Å². The van der Waals surface area contributed by atoms with Gasteiger partial charge in [0, 0.05) is 18.2 Å². The molecule has 1 N–H and O–H groups in total. The van der Waals surface area contributed by atoms with Crippen molar-refractivity contribution in [1.82, 2.24) is 19.6 Å². The summed E-state index contributed by atoms with van der Waals surface area (Å²) in [7, 11) is 1.34. The standard InChI is InChI=1S/C17H16ClF2N5O/c1-26-10-6-11(19)13(12(20)7-10)14-15(18)24-17-21-8-22-25(17)16(14)23-9-4-2-3-5-9/h6-9,23H,2-5H2,1H3. The number of halogens is 3. The van der Waals surface area contributed by atoms with E-state index in [-0.39, 0.29) is 33.8 Å². The maximum absolute atomic E-state index is 14.7. The van der Waals surface area contributed by atoms with Gasteiger partial charge in [0.1, 0.15) is 34.7 Å². The minimum Gasteiger partial charge on any atom is -0.497 e. The molecular formula is C17H16ClF2N5O. The minimum atomic E-state index is -0.792. The van der Waals surface area contributed by atoms with Crippen LogP contribution in [0.3, 0.4) is 0 Å². The first-order valence-electron chi connectivity index (χ1n) is 8.27. The van der Waals surface area contributed by atoms with Gasteiger partial charge in [-0.05, 0) is 12.8 Å². The number of aromatic nitrogens is 4. The van der Waals surface area contributed by atoms with E-state index in [2.05, 4.69) is 20.4 Å². The molecule has 0 atom stereocenters. The number of fused-ring (bicyclic) bond motifs is 1. The fourth-order valence-electron chi connectivity index (χ4n) is 3.34. The zero-order chi connectivity index (χ0) is 18.3. The molecule has 2 aromatic heterocycles. The van der Waals surface area contributed by atoms with Gasteiger partial charge in [0.2, 0.25) is 0 Å². The Morgan fingerprint density at radius 3 is 2.54 bits per heavy atom. The molecule has 3 aromatic rings. The molecule has 0 bridgehead atoms. The van der Waals surface area contributed by atoms with Crippen molar-refractivity contribution in [1.29, 1.82) is 0 Å². The van der Waals surface area contributed by atoms with Crippen LogP contribution in [0, 0.1) is 11.6 Å². The molecule has 1 saturated carbocycles. The number of benzene rings is 1. The highest BCUT2D eigenvalue weighted by atomic mass is 35.5. The van der Waals surface area contributed by atoms with E-state index in [1.54, 1.807) is 0 Å². The topological polar surface area (TPSA) is 64.3 Å². The monoisotopic (exact) mass is 379 g/mol. The number of nitrogens with zero attached hydrogens (tertiary/aromatic N) is 4. The Hall–Kier alpha value is -2.48. The third-order valence-electron chi connectivity index (χ3n) is 4.58. The minimum absolute atomic E-state index is 0.0473. The molecule has 0 spiro atoms. The van der Waals surface area contributed by atoms with E-state index in [1.807, 2.05) is 0 Å². The van der Waals surface area contributed by atoms with Gasteiger partial charge in [0.15, 0.2) is 0 Å². The summed E-state index contributed by atoms with van der Waals surface area (Å²) >= 11 is 6.31. The van der Waals surface area contributed by atoms with Crippen molar-refractivity contribution in [3.63, 3.8) is 0 Å². The Labute approximate surface area is 153 Å². The van der Waals surface area contributed by atoms with Crippen LogP contribution >= 0.6 is 11.6 Å². The second-order valence-electron chi connectivity index (χ2n) is 6.19. The average Bonchev–Trinajstić information content (AvgIpc) is 3.27. The first-order valence-corrected chi connectivity index (χ1v) is 8.65. The van der Waals surface area contributed by atoms with Crippen LogP contribution < -0.4 is 10.1 Å². The van der Waals surface area contributed by atoms with Crippen molar-refractivity contribution >= 4 is 23.2 Å². The summed E-state index contributed by atoms with van der Waals surface area (Å²) in [6, 6.07) is 2.39. The van der Waals surface area contributed by atoms with Gasteiger partial charge >= 0.3 is 0 Å². The lowest BCUT2D eigenvalue weighted by Gasteiger charge is -2.19. The molecule has 1 fully saturated rings. The van der Waals surface area contributed by atoms with Crippen LogP contribution in [0.15, 0.2) is 18.5 Å². The SMILES string of the molecule is COc1cc(F)c(-c2c(Cl)nc3ncnn3c2NC2CCCC2)c(F)c1. The zero-order valence-corrected chi connectivity index (χ0v) is 14.7. The normalized spacial score (nSPS) is 14.9. The summed E-state index contributed by atoms with van der Waals surface area (Å²) in [4.78, 5) is 8.15. The number of anilines is 1. The van der Waals surface area contributed by atoms with Gasteiger partial charge in [-0.15, -0.1) is 0 Å². The van der Waals surface area contributed by atoms with E-state index in [9.17, 15) is 8.78 Å². The molecule has 4 rings (SSSR count). The predicted molar refractivity (Wildman–Crippen MR) is 93.6 cm³/mol. The van der Waals surface area contributed by atoms with Crippen molar-refractivity contribution in [2.24, 2.45) is 0 Å². The number of hydrogen-bond donors (Lipinski definition) is 1. The fourth-order valence-corrected chi connectivity index (χ4v) is 3.60. The second kappa shape index (κ2) is 6.68. The van der Waals surface area contributed by atoms with Gasteiger partial charge in [-0.1, -0.05) is 24.4 Å². The molecule has 0 aliphatic heterocycles. The number of rotatable bonds is 4. The predicted octanol–water partition coefficient (Wildman–Crippen LogP) is 4.09. The first-order chi connectivity index (χ1) is 12.6. The Morgan fingerprint density at radius 2 is 1.88 bits per heavy atom. The highest BCUT2D eigenvalue weighted by molar-refractivity contribution is 6.33. The molecule has 1 aliphatic carbocycles. The highest BCUT2D eigenvalue weighted by Crippen LogP contribution is 2.39. The third-order valence-corrected chi connectivity index (χ3v) is 4.85. The van der Waals surface area contributed by atoms with Crippen LogP contribution in [0.1, 0.15) is 25.7 Å². The molecule has 136 valence electrons. The van der Waals surface area contributed by atoms with Gasteiger partial charge < -0.3 is 10.1 Å². The summed E-state index contributed by atoms with van der Waals surface area (Å²) in [6.07, 6.45) is 5.43. The molecular weight excluding hydrogens is 364 g/mol. The maximum Gasteiger partial charge on any atom is 0.255 e. The smallest absolute Gasteiger partial charge is 0.255 e. The number of ether oxygens (including phenoxy) is 1. The maximum atomic E-state index is 14.7. The molecule has 0 amide bonds. The number of hydrogen-bond acceptors (Lipinski definition) is 5. The Bertz CT molecular complexity index is 948. The van der Waals surface area contributed by atoms with Crippen LogP contribution in [0.2, 0.25) is 5.15 Å². The third kappa shape index (κ3) is 2.84. The Balaban J connectivity index is 1.95. The summed E-state index contributed by atoms with van der Waals surface area (Å²) in [5.41, 5.74) is -0.157. The Kier molecular flexibility index (Phi) is 4.36. The Morgan fingerprint density at radius 1 is 1.19 bits per heavy atom. The molecule has 1 aliphatic rings. The van der Waals surface area contributed by atoms with Crippen LogP contribution in [0.4, 0.5) is 14.6 Å². The van der Waals surface area contributed by atoms with Crippen molar-refractivity contribution in [3.8, 4) is 16.9 Å². The van der Waals surface area contributed by atoms with Crippen LogP contribution in [0.25, 0.3) is 16.9 Å². The molecule has 6 nitrogen and oxygen atoms in total. The second-order valence-corrected chi connectivity index (χ2v) is 6.55. The summed E-state index contributed by atoms with van der Waals surface area (Å²) in [5, 5.41) is 7.42. The lowest BCUT2D eigenvalue weighted by Crippen LogP contribution is -2.19. The molecule has 0 radical (unpaired) electrons. The molecule has 0 saturated heterocycles. The van der Waals surface area contributed by atoms with E-state index in [1.165, 1.54) is 18.0 Å². The van der Waals surface area contributed by atoms with E-state index >= 15 is 0 Å². The molecule has 1 aromatic carbocycles. The van der Waals surface area contributed by atoms with Gasteiger partial charge in [-0.2, -0.15) is 19.6 Å². The van der Waals surface area contributed by atoms with Gasteiger partial charge in [0.25, 0.3) is 5.78 Å². The summed E-state index contributed by atoms with van der Waals surface area (Å²) < 4.78 is 35.7. The highest BCUT2D eigenvalue weighted by Gasteiger charge is 2.26. The van der Waals surface area contributed by atoms with Crippen molar-refractivity contribution in [3.05, 3.63) is 35.2 Å². The zero-order valence-electron chi connectivity index (χ0n) is 14.0. The van der Waals surface area contributed by atoms with Crippen molar-refractivity contribution in [2.45, 2.75) is 31.7 Å². The molecule has 0 unspecified atom stereocenters. The van der Waals surface area contributed by atoms with Crippen LogP contribution in [0.5, 0.6) is 5.75 Å². The van der Waals surface area contributed by atoms with Crippen LogP contribution in [-0.4, -0.2) is 32.7 Å². The molecule has 2 heterocycles. The fraction of sp³-hybridized carbons (Fsp3) is 0.353. The van der Waals surface area contributed by atoms with Crippen molar-refractivity contribution in [2.75, 3.05) is 12.4 Å². The lowest BCUT2D eigenvalue weighted by atomic mass is 10.1. The van der Waals surface area contributed by atoms with Crippen molar-refractivity contribution < 1.29 is 13.5 Å². The van der Waals surface area contributed by atoms with E-state index in [0.717, 1.165) is 37.8 Å². The average molecular weight is 380 g/mol. The van der Waals surface area contributed by atoms with E-state index < -0.39 is 11.6 Å². The summed E-state index contributed by atoms with van der Waals surface area (Å²) in [5.74, 6) is -0.861. The van der Waals surface area contributed by atoms with Gasteiger partial charge in [0.05, 0.1) is 18.2 Å². The van der Waals surface area contributed by atoms with E-state index in [0.29, 0.717) is 5.82 Å². The van der Waals surface area contributed by atoms with Gasteiger partial charge in [-0.25, -0.2) is 8.78 Å². The van der Waals surface area contributed by atoms with E-state index in [4.69, 9.17) is 16.3 Å². The van der Waals surface area contributed by atoms with Crippen LogP contribution in [-0.2, 0) is 0 Å². The largest absolute Gasteiger partial charge is 0.497 e. The molecule has 9 heteroatoms. The lowest BCUT2D eigenvalue weighted by molar-refractivity contribution is 0.407. The summed E-state index contributed by atoms with van der Waals surface area (Å²) in [6.45, 7) is 0. The number of methoxy groups -OCH3 is 1. The first kappa shape index (κ1) is 17.0. The quantitative estimate of drug-likeness (QED) is 0.692. The molecule has 26 heavy (non-hydrogen) atoms. The number of nitrogens with one attached hydrogen (secondary N) is 1.